The monoisotopic (exact) mass is 264 g/mol. The summed E-state index contributed by atoms with van der Waals surface area (Å²) in [5.41, 5.74) is 0.437. The Hall–Kier alpha value is -0.700. The second kappa shape index (κ2) is 5.09. The molecule has 0 spiro atoms. The smallest absolute Gasteiger partial charge is 0.249 e. The van der Waals surface area contributed by atoms with Gasteiger partial charge in [0.25, 0.3) is 0 Å². The van der Waals surface area contributed by atoms with E-state index >= 15 is 0 Å². The second-order valence-electron chi connectivity index (χ2n) is 3.51. The van der Waals surface area contributed by atoms with Gasteiger partial charge >= 0.3 is 0 Å². The molecule has 16 heavy (non-hydrogen) atoms. The van der Waals surface area contributed by atoms with Crippen LogP contribution in [-0.2, 0) is 10.0 Å². The van der Waals surface area contributed by atoms with Crippen LogP contribution >= 0.6 is 11.3 Å². The van der Waals surface area contributed by atoms with Gasteiger partial charge in [-0.2, -0.15) is 0 Å². The molecule has 4 N–H and O–H groups in total. The fraction of sp³-hybridized carbons (Fsp3) is 0.625. The van der Waals surface area contributed by atoms with E-state index < -0.39 is 10.0 Å². The van der Waals surface area contributed by atoms with E-state index in [1.807, 2.05) is 14.0 Å². The van der Waals surface area contributed by atoms with Crippen molar-refractivity contribution in [2.75, 3.05) is 18.9 Å². The summed E-state index contributed by atoms with van der Waals surface area (Å²) in [6.45, 7) is 4.31. The van der Waals surface area contributed by atoms with Crippen molar-refractivity contribution >= 4 is 26.5 Å². The number of likely N-dealkylation sites (N-methyl/N-ethyl adjacent to an activating group) is 1. The molecule has 0 aromatic carbocycles. The molecule has 0 saturated carbocycles. The van der Waals surface area contributed by atoms with Crippen molar-refractivity contribution in [3.63, 3.8) is 0 Å². The van der Waals surface area contributed by atoms with Crippen LogP contribution in [0, 0.1) is 6.92 Å². The molecule has 0 amide bonds. The topological polar surface area (TPSA) is 97.1 Å². The number of aryl methyl sites for hydroxylation is 1. The average molecular weight is 264 g/mol. The molecule has 0 fully saturated rings. The van der Waals surface area contributed by atoms with Gasteiger partial charge in [0.1, 0.15) is 0 Å². The lowest BCUT2D eigenvalue weighted by Crippen LogP contribution is -2.29. The predicted octanol–water partition coefficient (Wildman–Crippen LogP) is 0.119. The van der Waals surface area contributed by atoms with E-state index in [-0.39, 0.29) is 10.3 Å². The number of rotatable bonds is 5. The zero-order valence-corrected chi connectivity index (χ0v) is 11.1. The molecular weight excluding hydrogens is 248 g/mol. The first-order chi connectivity index (χ1) is 7.34. The van der Waals surface area contributed by atoms with E-state index in [1.54, 1.807) is 6.92 Å². The lowest BCUT2D eigenvalue weighted by molar-refractivity contribution is 0.599. The highest BCUT2D eigenvalue weighted by Gasteiger charge is 2.17. The van der Waals surface area contributed by atoms with E-state index in [4.69, 9.17) is 5.14 Å². The Morgan fingerprint density at radius 1 is 1.56 bits per heavy atom. The maximum atomic E-state index is 11.2. The number of thiazole rings is 1. The summed E-state index contributed by atoms with van der Waals surface area (Å²) >= 11 is 1.06. The summed E-state index contributed by atoms with van der Waals surface area (Å²) in [4.78, 5) is 4.10. The van der Waals surface area contributed by atoms with Crippen molar-refractivity contribution in [3.05, 3.63) is 5.69 Å². The fourth-order valence-electron chi connectivity index (χ4n) is 1.06. The predicted molar refractivity (Wildman–Crippen MR) is 65.2 cm³/mol. The number of hydrogen-bond donors (Lipinski definition) is 3. The Bertz CT molecular complexity index is 455. The normalized spacial score (nSPS) is 13.8. The molecule has 6 nitrogen and oxygen atoms in total. The summed E-state index contributed by atoms with van der Waals surface area (Å²) in [5, 5.41) is 11.7. The summed E-state index contributed by atoms with van der Waals surface area (Å²) in [6.07, 6.45) is 0. The van der Waals surface area contributed by atoms with Crippen molar-refractivity contribution < 1.29 is 8.42 Å². The number of anilines is 1. The van der Waals surface area contributed by atoms with E-state index in [0.717, 1.165) is 11.3 Å². The van der Waals surface area contributed by atoms with E-state index in [9.17, 15) is 8.42 Å². The highest BCUT2D eigenvalue weighted by molar-refractivity contribution is 7.91. The minimum atomic E-state index is -3.66. The number of primary sulfonamides is 1. The van der Waals surface area contributed by atoms with E-state index in [2.05, 4.69) is 15.6 Å². The van der Waals surface area contributed by atoms with Gasteiger partial charge in [0.2, 0.25) is 10.0 Å². The summed E-state index contributed by atoms with van der Waals surface area (Å²) in [5.74, 6) is 0. The number of aromatic nitrogens is 1. The third kappa shape index (κ3) is 3.41. The number of nitrogens with zero attached hydrogens (tertiary/aromatic N) is 1. The summed E-state index contributed by atoms with van der Waals surface area (Å²) in [7, 11) is -1.80. The first-order valence-corrected chi connectivity index (χ1v) is 7.12. The zero-order valence-electron chi connectivity index (χ0n) is 9.44. The molecular formula is C8H16N4O2S2. The van der Waals surface area contributed by atoms with Crippen LogP contribution in [0.3, 0.4) is 0 Å². The van der Waals surface area contributed by atoms with Gasteiger partial charge in [0.05, 0.1) is 5.69 Å². The summed E-state index contributed by atoms with van der Waals surface area (Å²) in [6, 6.07) is 0.280. The lowest BCUT2D eigenvalue weighted by Gasteiger charge is -2.09. The maximum Gasteiger partial charge on any atom is 0.249 e. The molecule has 1 rings (SSSR count). The van der Waals surface area contributed by atoms with Crippen LogP contribution in [0.5, 0.6) is 0 Å². The Labute approximate surface area is 99.3 Å². The molecule has 1 unspecified atom stereocenters. The second-order valence-corrected chi connectivity index (χ2v) is 6.26. The van der Waals surface area contributed by atoms with Gasteiger partial charge in [-0.15, -0.1) is 0 Å². The van der Waals surface area contributed by atoms with Gasteiger partial charge in [0.15, 0.2) is 9.34 Å². The Morgan fingerprint density at radius 3 is 2.62 bits per heavy atom. The molecule has 0 bridgehead atoms. The van der Waals surface area contributed by atoms with Crippen LogP contribution in [0.2, 0.25) is 0 Å². The lowest BCUT2D eigenvalue weighted by atomic mass is 10.3. The van der Waals surface area contributed by atoms with Crippen LogP contribution in [0.25, 0.3) is 0 Å². The molecule has 0 aliphatic heterocycles. The van der Waals surface area contributed by atoms with Crippen molar-refractivity contribution in [2.24, 2.45) is 5.14 Å². The van der Waals surface area contributed by atoms with E-state index in [1.165, 1.54) is 0 Å². The van der Waals surface area contributed by atoms with Gasteiger partial charge in [-0.05, 0) is 20.9 Å². The molecule has 1 aromatic rings. The van der Waals surface area contributed by atoms with Crippen LogP contribution in [0.15, 0.2) is 4.21 Å². The van der Waals surface area contributed by atoms with Crippen LogP contribution in [0.4, 0.5) is 5.13 Å². The SMILES string of the molecule is CNC(C)CNc1nc(C)c(S(N)(=O)=O)s1. The Morgan fingerprint density at radius 2 is 2.19 bits per heavy atom. The number of sulfonamides is 1. The molecule has 92 valence electrons. The standard InChI is InChI=1S/C8H16N4O2S2/c1-5(10-3)4-11-8-12-6(2)7(15-8)16(9,13)14/h5,10H,4H2,1-3H3,(H,11,12)(H2,9,13,14). The van der Waals surface area contributed by atoms with Crippen molar-refractivity contribution in [1.82, 2.24) is 10.3 Å². The molecule has 0 radical (unpaired) electrons. The van der Waals surface area contributed by atoms with Gasteiger partial charge < -0.3 is 10.6 Å². The Balaban J connectivity index is 2.78. The maximum absolute atomic E-state index is 11.2. The average Bonchev–Trinajstić information content (AvgIpc) is 2.55. The van der Waals surface area contributed by atoms with E-state index in [0.29, 0.717) is 17.4 Å². The third-order valence-electron chi connectivity index (χ3n) is 2.06. The minimum absolute atomic E-state index is 0.118. The van der Waals surface area contributed by atoms with Crippen LogP contribution < -0.4 is 15.8 Å². The van der Waals surface area contributed by atoms with Crippen molar-refractivity contribution in [1.29, 1.82) is 0 Å². The molecule has 0 aliphatic carbocycles. The molecule has 1 aromatic heterocycles. The summed E-state index contributed by atoms with van der Waals surface area (Å²) < 4.78 is 22.5. The minimum Gasteiger partial charge on any atom is -0.360 e. The third-order valence-corrected chi connectivity index (χ3v) is 4.73. The van der Waals surface area contributed by atoms with Gasteiger partial charge in [-0.1, -0.05) is 11.3 Å². The molecule has 1 heterocycles. The number of nitrogens with two attached hydrogens (primary N) is 1. The Kier molecular flexibility index (Phi) is 4.25. The van der Waals surface area contributed by atoms with Gasteiger partial charge in [-0.25, -0.2) is 18.5 Å². The number of hydrogen-bond acceptors (Lipinski definition) is 6. The van der Waals surface area contributed by atoms with Crippen LogP contribution in [-0.4, -0.2) is 33.0 Å². The van der Waals surface area contributed by atoms with Gasteiger partial charge in [-0.3, -0.25) is 0 Å². The van der Waals surface area contributed by atoms with Gasteiger partial charge in [0, 0.05) is 12.6 Å². The first-order valence-electron chi connectivity index (χ1n) is 4.76. The first kappa shape index (κ1) is 13.4. The zero-order chi connectivity index (χ0) is 12.3. The largest absolute Gasteiger partial charge is 0.360 e. The van der Waals surface area contributed by atoms with Crippen LogP contribution in [0.1, 0.15) is 12.6 Å². The quantitative estimate of drug-likeness (QED) is 0.702. The molecule has 8 heteroatoms. The highest BCUT2D eigenvalue weighted by atomic mass is 32.2. The number of nitrogens with one attached hydrogen (secondary N) is 2. The fourth-order valence-corrected chi connectivity index (χ4v) is 2.93. The van der Waals surface area contributed by atoms with Crippen molar-refractivity contribution in [2.45, 2.75) is 24.1 Å². The molecule has 1 atom stereocenters. The molecule has 0 aliphatic rings. The highest BCUT2D eigenvalue weighted by Crippen LogP contribution is 2.25. The molecule has 0 saturated heterocycles. The van der Waals surface area contributed by atoms with Crippen molar-refractivity contribution in [3.8, 4) is 0 Å².